The smallest absolute Gasteiger partial charge is 0.161 e. The standard InChI is InChI=1S/C32H32N2O3/c1-4-26-16-22(9-12-29(26)33-20-24-7-6-8-28(35)18-24)15-23-10-13-30(27(5-2)17-23)34-21-25-11-14-31(36)32(19-25)37-3/h6-14,16-21,35-36H,4-5,15H2,1-3H3/b33-20+,34-21+. The fourth-order valence-corrected chi connectivity index (χ4v) is 4.22. The molecule has 37 heavy (non-hydrogen) atoms. The predicted octanol–water partition coefficient (Wildman–Crippen LogP) is 7.32. The van der Waals surface area contributed by atoms with E-state index >= 15 is 0 Å². The lowest BCUT2D eigenvalue weighted by Crippen LogP contribution is -1.93. The lowest BCUT2D eigenvalue weighted by molar-refractivity contribution is 0.373. The van der Waals surface area contributed by atoms with Gasteiger partial charge in [0.2, 0.25) is 0 Å². The summed E-state index contributed by atoms with van der Waals surface area (Å²) in [5.41, 5.74) is 8.45. The van der Waals surface area contributed by atoms with Gasteiger partial charge in [-0.3, -0.25) is 9.98 Å². The Balaban J connectivity index is 1.51. The Bertz CT molecular complexity index is 1440. The fourth-order valence-electron chi connectivity index (χ4n) is 4.22. The Labute approximate surface area is 218 Å². The van der Waals surface area contributed by atoms with Crippen LogP contribution in [0.4, 0.5) is 11.4 Å². The molecule has 188 valence electrons. The first-order valence-electron chi connectivity index (χ1n) is 12.5. The van der Waals surface area contributed by atoms with Crippen molar-refractivity contribution >= 4 is 23.8 Å². The highest BCUT2D eigenvalue weighted by Gasteiger charge is 2.07. The zero-order valence-corrected chi connectivity index (χ0v) is 21.5. The number of benzene rings is 4. The van der Waals surface area contributed by atoms with Crippen molar-refractivity contribution in [3.63, 3.8) is 0 Å². The van der Waals surface area contributed by atoms with Gasteiger partial charge in [-0.2, -0.15) is 0 Å². The van der Waals surface area contributed by atoms with Crippen LogP contribution in [-0.4, -0.2) is 29.8 Å². The van der Waals surface area contributed by atoms with E-state index in [0.29, 0.717) is 5.75 Å². The van der Waals surface area contributed by atoms with Crippen LogP contribution >= 0.6 is 0 Å². The number of hydrogen-bond donors (Lipinski definition) is 2. The molecule has 2 N–H and O–H groups in total. The molecule has 0 saturated carbocycles. The Morgan fingerprint density at radius 3 is 1.84 bits per heavy atom. The summed E-state index contributed by atoms with van der Waals surface area (Å²) in [6.07, 6.45) is 6.17. The topological polar surface area (TPSA) is 74.4 Å². The molecule has 0 aliphatic rings. The number of methoxy groups -OCH3 is 1. The van der Waals surface area contributed by atoms with Crippen molar-refractivity contribution in [2.24, 2.45) is 9.98 Å². The molecule has 0 saturated heterocycles. The molecule has 0 spiro atoms. The summed E-state index contributed by atoms with van der Waals surface area (Å²) < 4.78 is 5.19. The minimum absolute atomic E-state index is 0.112. The van der Waals surface area contributed by atoms with Crippen molar-refractivity contribution < 1.29 is 14.9 Å². The molecule has 4 aromatic rings. The van der Waals surface area contributed by atoms with E-state index in [1.54, 1.807) is 36.7 Å². The van der Waals surface area contributed by atoms with Crippen LogP contribution in [0, 0.1) is 0 Å². The minimum Gasteiger partial charge on any atom is -0.508 e. The maximum atomic E-state index is 9.80. The van der Waals surface area contributed by atoms with Gasteiger partial charge in [-0.1, -0.05) is 50.2 Å². The fraction of sp³-hybridized carbons (Fsp3) is 0.188. The highest BCUT2D eigenvalue weighted by Crippen LogP contribution is 2.28. The first-order valence-corrected chi connectivity index (χ1v) is 12.5. The van der Waals surface area contributed by atoms with E-state index in [9.17, 15) is 10.2 Å². The molecule has 0 unspecified atom stereocenters. The van der Waals surface area contributed by atoms with Gasteiger partial charge in [0.25, 0.3) is 0 Å². The Morgan fingerprint density at radius 2 is 1.30 bits per heavy atom. The number of hydrogen-bond acceptors (Lipinski definition) is 5. The van der Waals surface area contributed by atoms with E-state index < -0.39 is 0 Å². The van der Waals surface area contributed by atoms with Crippen LogP contribution < -0.4 is 4.74 Å². The Morgan fingerprint density at radius 1 is 0.703 bits per heavy atom. The van der Waals surface area contributed by atoms with Crippen LogP contribution in [0.5, 0.6) is 17.2 Å². The molecule has 5 heteroatoms. The van der Waals surface area contributed by atoms with Crippen LogP contribution in [0.3, 0.4) is 0 Å². The van der Waals surface area contributed by atoms with E-state index in [2.05, 4.69) is 55.2 Å². The molecule has 0 aliphatic carbocycles. The molecule has 5 nitrogen and oxygen atoms in total. The van der Waals surface area contributed by atoms with Crippen LogP contribution in [-0.2, 0) is 19.3 Å². The van der Waals surface area contributed by atoms with E-state index in [1.807, 2.05) is 18.2 Å². The first-order chi connectivity index (χ1) is 18.0. The second kappa shape index (κ2) is 12.0. The molecule has 0 radical (unpaired) electrons. The van der Waals surface area contributed by atoms with Gasteiger partial charge in [-0.15, -0.1) is 0 Å². The number of nitrogens with zero attached hydrogens (tertiary/aromatic N) is 2. The second-order valence-corrected chi connectivity index (χ2v) is 8.85. The quantitative estimate of drug-likeness (QED) is 0.240. The first kappa shape index (κ1) is 25.7. The average molecular weight is 493 g/mol. The summed E-state index contributed by atoms with van der Waals surface area (Å²) in [4.78, 5) is 9.36. The third-order valence-electron chi connectivity index (χ3n) is 6.24. The lowest BCUT2D eigenvalue weighted by Gasteiger charge is -2.10. The summed E-state index contributed by atoms with van der Waals surface area (Å²) in [5, 5.41) is 19.5. The number of phenolic OH excluding ortho intramolecular Hbond substituents is 2. The Kier molecular flexibility index (Phi) is 8.37. The minimum atomic E-state index is 0.112. The third-order valence-corrected chi connectivity index (χ3v) is 6.24. The molecule has 4 aromatic carbocycles. The summed E-state index contributed by atoms with van der Waals surface area (Å²) in [6, 6.07) is 25.1. The molecule has 0 atom stereocenters. The second-order valence-electron chi connectivity index (χ2n) is 8.85. The van der Waals surface area contributed by atoms with Crippen molar-refractivity contribution in [1.82, 2.24) is 0 Å². The maximum Gasteiger partial charge on any atom is 0.161 e. The van der Waals surface area contributed by atoms with Gasteiger partial charge in [-0.05, 0) is 95.1 Å². The summed E-state index contributed by atoms with van der Waals surface area (Å²) >= 11 is 0. The summed E-state index contributed by atoms with van der Waals surface area (Å²) in [7, 11) is 1.53. The highest BCUT2D eigenvalue weighted by molar-refractivity contribution is 5.84. The molecule has 0 aliphatic heterocycles. The van der Waals surface area contributed by atoms with Crippen molar-refractivity contribution in [2.45, 2.75) is 33.1 Å². The van der Waals surface area contributed by atoms with Crippen LogP contribution in [0.25, 0.3) is 0 Å². The van der Waals surface area contributed by atoms with E-state index in [1.165, 1.54) is 29.4 Å². The monoisotopic (exact) mass is 492 g/mol. The van der Waals surface area contributed by atoms with Crippen molar-refractivity contribution in [3.8, 4) is 17.2 Å². The van der Waals surface area contributed by atoms with Gasteiger partial charge in [0, 0.05) is 12.4 Å². The normalized spacial score (nSPS) is 11.4. The molecular weight excluding hydrogens is 460 g/mol. The van der Waals surface area contributed by atoms with Crippen molar-refractivity contribution in [1.29, 1.82) is 0 Å². The average Bonchev–Trinajstić information content (AvgIpc) is 2.92. The van der Waals surface area contributed by atoms with Gasteiger partial charge in [-0.25, -0.2) is 0 Å². The van der Waals surface area contributed by atoms with Crippen LogP contribution in [0.1, 0.15) is 47.2 Å². The molecule has 0 heterocycles. The SMILES string of the molecule is CCc1cc(Cc2ccc(/N=C/c3ccc(O)c(OC)c3)c(CC)c2)ccc1/N=C/c1cccc(O)c1. The highest BCUT2D eigenvalue weighted by atomic mass is 16.5. The maximum absolute atomic E-state index is 9.80. The Hall–Kier alpha value is -4.38. The number of phenols is 2. The molecule has 4 rings (SSSR count). The summed E-state index contributed by atoms with van der Waals surface area (Å²) in [6.45, 7) is 4.27. The number of aromatic hydroxyl groups is 2. The lowest BCUT2D eigenvalue weighted by atomic mass is 9.98. The number of ether oxygens (including phenoxy) is 1. The van der Waals surface area contributed by atoms with Gasteiger partial charge in [0.1, 0.15) is 5.75 Å². The van der Waals surface area contributed by atoms with Crippen molar-refractivity contribution in [3.05, 3.63) is 112 Å². The summed E-state index contributed by atoms with van der Waals surface area (Å²) in [5.74, 6) is 0.775. The van der Waals surface area contributed by atoms with Gasteiger partial charge >= 0.3 is 0 Å². The van der Waals surface area contributed by atoms with Gasteiger partial charge in [0.15, 0.2) is 11.5 Å². The molecule has 0 amide bonds. The number of aryl methyl sites for hydroxylation is 2. The third kappa shape index (κ3) is 6.64. The molecule has 0 fully saturated rings. The van der Waals surface area contributed by atoms with Gasteiger partial charge in [0.05, 0.1) is 18.5 Å². The predicted molar refractivity (Wildman–Crippen MR) is 152 cm³/mol. The van der Waals surface area contributed by atoms with E-state index in [4.69, 9.17) is 9.73 Å². The molecular formula is C32H32N2O3. The molecule has 0 bridgehead atoms. The molecule has 0 aromatic heterocycles. The zero-order valence-electron chi connectivity index (χ0n) is 21.5. The largest absolute Gasteiger partial charge is 0.508 e. The van der Waals surface area contributed by atoms with Crippen molar-refractivity contribution in [2.75, 3.05) is 7.11 Å². The number of rotatable bonds is 9. The van der Waals surface area contributed by atoms with Crippen LogP contribution in [0.15, 0.2) is 88.8 Å². The van der Waals surface area contributed by atoms with Crippen LogP contribution in [0.2, 0.25) is 0 Å². The van der Waals surface area contributed by atoms with E-state index in [0.717, 1.165) is 41.8 Å². The zero-order chi connectivity index (χ0) is 26.2. The van der Waals surface area contributed by atoms with Gasteiger partial charge < -0.3 is 14.9 Å². The van der Waals surface area contributed by atoms with E-state index in [-0.39, 0.29) is 11.5 Å². The number of aliphatic imine (C=N–C) groups is 2.